The second-order valence-electron chi connectivity index (χ2n) is 4.78. The fourth-order valence-electron chi connectivity index (χ4n) is 1.80. The van der Waals surface area contributed by atoms with Crippen molar-refractivity contribution < 1.29 is 4.79 Å². The fraction of sp³-hybridized carbons (Fsp3) is 0.467. The largest absolute Gasteiger partial charge is 0.273 e. The molecule has 0 bridgehead atoms. The Kier molecular flexibility index (Phi) is 4.51. The number of amides is 1. The van der Waals surface area contributed by atoms with Crippen molar-refractivity contribution in [3.8, 4) is 0 Å². The summed E-state index contributed by atoms with van der Waals surface area (Å²) in [6.45, 7) is 2.16. The van der Waals surface area contributed by atoms with Gasteiger partial charge in [-0.25, -0.2) is 5.43 Å². The Balaban J connectivity index is 2.03. The third-order valence-electron chi connectivity index (χ3n) is 3.12. The zero-order chi connectivity index (χ0) is 12.8. The van der Waals surface area contributed by atoms with Crippen LogP contribution >= 0.6 is 0 Å². The maximum Gasteiger partial charge on any atom is 0.243 e. The zero-order valence-corrected chi connectivity index (χ0v) is 10.9. The van der Waals surface area contributed by atoms with Crippen LogP contribution in [0.1, 0.15) is 44.6 Å². The van der Waals surface area contributed by atoms with E-state index in [4.69, 9.17) is 0 Å². The minimum atomic E-state index is 0.0694. The van der Waals surface area contributed by atoms with Gasteiger partial charge in [0.05, 0.1) is 5.71 Å². The van der Waals surface area contributed by atoms with Crippen molar-refractivity contribution in [2.24, 2.45) is 11.0 Å². The van der Waals surface area contributed by atoms with Gasteiger partial charge in [-0.3, -0.25) is 4.79 Å². The minimum absolute atomic E-state index is 0.0694. The van der Waals surface area contributed by atoms with Crippen LogP contribution in [0.4, 0.5) is 0 Å². The first-order chi connectivity index (χ1) is 8.81. The van der Waals surface area contributed by atoms with Crippen molar-refractivity contribution in [3.05, 3.63) is 35.9 Å². The van der Waals surface area contributed by atoms with E-state index in [2.05, 4.69) is 17.5 Å². The Labute approximate surface area is 108 Å². The monoisotopic (exact) mass is 244 g/mol. The predicted molar refractivity (Wildman–Crippen MR) is 73.4 cm³/mol. The Hall–Kier alpha value is -1.64. The van der Waals surface area contributed by atoms with Gasteiger partial charge in [-0.1, -0.05) is 43.7 Å². The second-order valence-corrected chi connectivity index (χ2v) is 4.78. The molecule has 3 nitrogen and oxygen atoms in total. The average molecular weight is 244 g/mol. The standard InChI is InChI=1S/C15H20N2O/c1-2-3-9-14(12-7-5-4-6-8-12)16-17-15(18)13-10-11-13/h4-8,13H,2-3,9-11H2,1H3,(H,17,18). The first-order valence-corrected chi connectivity index (χ1v) is 6.73. The Morgan fingerprint density at radius 2 is 2.06 bits per heavy atom. The van der Waals surface area contributed by atoms with E-state index in [9.17, 15) is 4.79 Å². The molecule has 0 saturated heterocycles. The quantitative estimate of drug-likeness (QED) is 0.606. The van der Waals surface area contributed by atoms with Crippen LogP contribution in [0.2, 0.25) is 0 Å². The molecule has 1 aliphatic rings. The predicted octanol–water partition coefficient (Wildman–Crippen LogP) is 3.11. The van der Waals surface area contributed by atoms with E-state index in [0.29, 0.717) is 0 Å². The van der Waals surface area contributed by atoms with Crippen LogP contribution in [0.5, 0.6) is 0 Å². The molecule has 1 amide bonds. The third-order valence-corrected chi connectivity index (χ3v) is 3.12. The summed E-state index contributed by atoms with van der Waals surface area (Å²) in [7, 11) is 0. The molecule has 0 spiro atoms. The molecule has 2 rings (SSSR count). The molecular formula is C15H20N2O. The molecular weight excluding hydrogens is 224 g/mol. The third kappa shape index (κ3) is 3.69. The number of nitrogens with zero attached hydrogens (tertiary/aromatic N) is 1. The van der Waals surface area contributed by atoms with E-state index < -0.39 is 0 Å². The summed E-state index contributed by atoms with van der Waals surface area (Å²) in [5.74, 6) is 0.275. The van der Waals surface area contributed by atoms with Crippen LogP contribution in [0.25, 0.3) is 0 Å². The number of hydrogen-bond acceptors (Lipinski definition) is 2. The molecule has 0 heterocycles. The second kappa shape index (κ2) is 6.34. The van der Waals surface area contributed by atoms with Crippen molar-refractivity contribution in [1.29, 1.82) is 0 Å². The van der Waals surface area contributed by atoms with Crippen molar-refractivity contribution in [2.45, 2.75) is 39.0 Å². The number of benzene rings is 1. The molecule has 0 radical (unpaired) electrons. The topological polar surface area (TPSA) is 41.5 Å². The van der Waals surface area contributed by atoms with Gasteiger partial charge < -0.3 is 0 Å². The van der Waals surface area contributed by atoms with E-state index in [1.54, 1.807) is 0 Å². The maximum absolute atomic E-state index is 11.6. The van der Waals surface area contributed by atoms with Crippen LogP contribution < -0.4 is 5.43 Å². The van der Waals surface area contributed by atoms with E-state index in [0.717, 1.165) is 43.4 Å². The van der Waals surface area contributed by atoms with Gasteiger partial charge in [0, 0.05) is 5.92 Å². The Morgan fingerprint density at radius 1 is 1.33 bits per heavy atom. The average Bonchev–Trinajstić information content (AvgIpc) is 3.24. The molecule has 1 saturated carbocycles. The molecule has 18 heavy (non-hydrogen) atoms. The van der Waals surface area contributed by atoms with Crippen LogP contribution in [0, 0.1) is 5.92 Å². The van der Waals surface area contributed by atoms with Crippen molar-refractivity contribution in [2.75, 3.05) is 0 Å². The molecule has 96 valence electrons. The lowest BCUT2D eigenvalue weighted by molar-refractivity contribution is -0.122. The van der Waals surface area contributed by atoms with Crippen LogP contribution in [-0.2, 0) is 4.79 Å². The van der Waals surface area contributed by atoms with Crippen LogP contribution in [0.15, 0.2) is 35.4 Å². The highest BCUT2D eigenvalue weighted by atomic mass is 16.2. The number of rotatable bonds is 6. The molecule has 0 unspecified atom stereocenters. The normalized spacial score (nSPS) is 15.5. The van der Waals surface area contributed by atoms with Gasteiger partial charge >= 0.3 is 0 Å². The SMILES string of the molecule is CCCCC(=NNC(=O)C1CC1)c1ccccc1. The fourth-order valence-corrected chi connectivity index (χ4v) is 1.80. The van der Waals surface area contributed by atoms with Gasteiger partial charge in [-0.05, 0) is 31.2 Å². The van der Waals surface area contributed by atoms with Gasteiger partial charge in [0.15, 0.2) is 0 Å². The molecule has 3 heteroatoms. The summed E-state index contributed by atoms with van der Waals surface area (Å²) in [4.78, 5) is 11.6. The highest BCUT2D eigenvalue weighted by Gasteiger charge is 2.29. The van der Waals surface area contributed by atoms with Gasteiger partial charge in [0.2, 0.25) is 5.91 Å². The molecule has 0 aliphatic heterocycles. The summed E-state index contributed by atoms with van der Waals surface area (Å²) in [6, 6.07) is 10.1. The Bertz CT molecular complexity index is 421. The number of carbonyl (C=O) groups is 1. The van der Waals surface area contributed by atoms with E-state index in [-0.39, 0.29) is 11.8 Å². The lowest BCUT2D eigenvalue weighted by Crippen LogP contribution is -2.21. The van der Waals surface area contributed by atoms with E-state index in [1.165, 1.54) is 0 Å². The van der Waals surface area contributed by atoms with E-state index >= 15 is 0 Å². The molecule has 1 aromatic rings. The molecule has 0 atom stereocenters. The molecule has 1 aromatic carbocycles. The number of hydrazone groups is 1. The summed E-state index contributed by atoms with van der Waals surface area (Å²) >= 11 is 0. The Morgan fingerprint density at radius 3 is 2.67 bits per heavy atom. The first-order valence-electron chi connectivity index (χ1n) is 6.73. The lowest BCUT2D eigenvalue weighted by Gasteiger charge is -2.06. The number of carbonyl (C=O) groups excluding carboxylic acids is 1. The van der Waals surface area contributed by atoms with Gasteiger partial charge in [-0.15, -0.1) is 0 Å². The van der Waals surface area contributed by atoms with E-state index in [1.807, 2.05) is 30.3 Å². The van der Waals surface area contributed by atoms with Crippen molar-refractivity contribution >= 4 is 11.6 Å². The minimum Gasteiger partial charge on any atom is -0.273 e. The first kappa shape index (κ1) is 12.8. The highest BCUT2D eigenvalue weighted by molar-refractivity contribution is 6.01. The molecule has 1 N–H and O–H groups in total. The van der Waals surface area contributed by atoms with Crippen LogP contribution in [0.3, 0.4) is 0 Å². The molecule has 1 fully saturated rings. The van der Waals surface area contributed by atoms with Crippen LogP contribution in [-0.4, -0.2) is 11.6 Å². The molecule has 0 aromatic heterocycles. The highest BCUT2D eigenvalue weighted by Crippen LogP contribution is 2.28. The summed E-state index contributed by atoms with van der Waals surface area (Å²) in [5, 5.41) is 4.31. The van der Waals surface area contributed by atoms with Crippen molar-refractivity contribution in [3.63, 3.8) is 0 Å². The smallest absolute Gasteiger partial charge is 0.243 e. The van der Waals surface area contributed by atoms with Gasteiger partial charge in [0.1, 0.15) is 0 Å². The zero-order valence-electron chi connectivity index (χ0n) is 10.9. The summed E-state index contributed by atoms with van der Waals surface area (Å²) in [6.07, 6.45) is 5.15. The number of unbranched alkanes of at least 4 members (excludes halogenated alkanes) is 1. The molecule has 1 aliphatic carbocycles. The maximum atomic E-state index is 11.6. The van der Waals surface area contributed by atoms with Crippen molar-refractivity contribution in [1.82, 2.24) is 5.43 Å². The van der Waals surface area contributed by atoms with Gasteiger partial charge in [-0.2, -0.15) is 5.10 Å². The summed E-state index contributed by atoms with van der Waals surface area (Å²) in [5.41, 5.74) is 4.78. The summed E-state index contributed by atoms with van der Waals surface area (Å²) < 4.78 is 0. The lowest BCUT2D eigenvalue weighted by atomic mass is 10.1. The number of nitrogens with one attached hydrogen (secondary N) is 1. The number of hydrogen-bond donors (Lipinski definition) is 1. The van der Waals surface area contributed by atoms with Gasteiger partial charge in [0.25, 0.3) is 0 Å².